The van der Waals surface area contributed by atoms with Crippen LogP contribution in [-0.4, -0.2) is 52.0 Å². The van der Waals surface area contributed by atoms with Crippen molar-refractivity contribution < 1.29 is 24.2 Å². The molecule has 2 N–H and O–H groups in total. The number of hydrogen-bond donors (Lipinski definition) is 2. The Morgan fingerprint density at radius 2 is 2.16 bits per heavy atom. The summed E-state index contributed by atoms with van der Waals surface area (Å²) >= 11 is 2.27. The Morgan fingerprint density at radius 1 is 1.39 bits per heavy atom. The van der Waals surface area contributed by atoms with Crippen molar-refractivity contribution in [2.75, 3.05) is 23.9 Å². The summed E-state index contributed by atoms with van der Waals surface area (Å²) in [6.45, 7) is 2.24. The van der Waals surface area contributed by atoms with E-state index in [0.29, 0.717) is 22.2 Å². The summed E-state index contributed by atoms with van der Waals surface area (Å²) in [5, 5.41) is 19.7. The number of anilines is 2. The van der Waals surface area contributed by atoms with Gasteiger partial charge in [-0.05, 0) is 18.6 Å². The van der Waals surface area contributed by atoms with Crippen LogP contribution < -0.4 is 15.0 Å². The van der Waals surface area contributed by atoms with Gasteiger partial charge in [-0.1, -0.05) is 55.0 Å². The third kappa shape index (κ3) is 5.73. The number of carbonyl (C=O) groups is 3. The molecule has 0 spiro atoms. The molecule has 1 aliphatic heterocycles. The molecule has 1 aromatic heterocycles. The van der Waals surface area contributed by atoms with E-state index in [1.807, 2.05) is 19.1 Å². The van der Waals surface area contributed by atoms with E-state index in [1.165, 1.54) is 7.11 Å². The molecule has 0 unspecified atom stereocenters. The van der Waals surface area contributed by atoms with Crippen LogP contribution in [0.3, 0.4) is 0 Å². The van der Waals surface area contributed by atoms with Crippen LogP contribution in [0.5, 0.6) is 5.75 Å². The first-order chi connectivity index (χ1) is 14.9. The van der Waals surface area contributed by atoms with Crippen LogP contribution >= 0.6 is 23.1 Å². The zero-order valence-electron chi connectivity index (χ0n) is 17.2. The number of hydrogen-bond acceptors (Lipinski definition) is 8. The van der Waals surface area contributed by atoms with Gasteiger partial charge in [0.1, 0.15) is 11.0 Å². The van der Waals surface area contributed by atoms with E-state index in [0.717, 1.165) is 35.9 Å². The maximum absolute atomic E-state index is 12.7. The Kier molecular flexibility index (Phi) is 7.85. The Labute approximate surface area is 188 Å². The summed E-state index contributed by atoms with van der Waals surface area (Å²) in [5.41, 5.74) is 0.631. The van der Waals surface area contributed by atoms with Crippen LogP contribution in [0.1, 0.15) is 32.6 Å². The van der Waals surface area contributed by atoms with Crippen molar-refractivity contribution in [3.8, 4) is 5.75 Å². The lowest BCUT2D eigenvalue weighted by atomic mass is 10.1. The number of rotatable bonds is 10. The second-order valence-corrected chi connectivity index (χ2v) is 9.45. The Morgan fingerprint density at radius 3 is 2.87 bits per heavy atom. The molecule has 1 aromatic carbocycles. The lowest BCUT2D eigenvalue weighted by molar-refractivity contribution is -0.136. The van der Waals surface area contributed by atoms with Crippen molar-refractivity contribution in [3.63, 3.8) is 0 Å². The van der Waals surface area contributed by atoms with Gasteiger partial charge in [0.05, 0.1) is 18.7 Å². The van der Waals surface area contributed by atoms with Gasteiger partial charge in [-0.15, -0.1) is 10.2 Å². The van der Waals surface area contributed by atoms with Gasteiger partial charge in [0.15, 0.2) is 4.34 Å². The van der Waals surface area contributed by atoms with E-state index in [-0.39, 0.29) is 29.9 Å². The Bertz CT molecular complexity index is 951. The normalized spacial score (nSPS) is 16.9. The minimum Gasteiger partial charge on any atom is -0.495 e. The molecule has 2 amide bonds. The molecular weight excluding hydrogens is 440 g/mol. The van der Waals surface area contributed by atoms with Gasteiger partial charge in [0, 0.05) is 13.0 Å². The molecule has 1 aliphatic rings. The summed E-state index contributed by atoms with van der Waals surface area (Å²) in [5.74, 6) is -1.33. The van der Waals surface area contributed by atoms with Gasteiger partial charge in [-0.25, -0.2) is 0 Å². The highest BCUT2D eigenvalue weighted by molar-refractivity contribution is 8.02. The van der Waals surface area contributed by atoms with E-state index < -0.39 is 17.1 Å². The van der Waals surface area contributed by atoms with Crippen molar-refractivity contribution in [1.29, 1.82) is 0 Å². The molecule has 2 aromatic rings. The van der Waals surface area contributed by atoms with Crippen molar-refractivity contribution >= 4 is 51.7 Å². The van der Waals surface area contributed by atoms with Crippen molar-refractivity contribution in [2.45, 2.75) is 42.2 Å². The van der Waals surface area contributed by atoms with Gasteiger partial charge < -0.3 is 20.1 Å². The molecule has 0 radical (unpaired) electrons. The maximum Gasteiger partial charge on any atom is 0.317 e. The number of benzene rings is 1. The highest BCUT2D eigenvalue weighted by atomic mass is 32.2. The van der Waals surface area contributed by atoms with Crippen LogP contribution in [0.25, 0.3) is 0 Å². The van der Waals surface area contributed by atoms with Crippen molar-refractivity contribution in [3.05, 3.63) is 24.3 Å². The molecule has 0 bridgehead atoms. The van der Waals surface area contributed by atoms with Crippen LogP contribution in [0.2, 0.25) is 0 Å². The average Bonchev–Trinajstić information content (AvgIpc) is 3.37. The number of unbranched alkanes of at least 4 members (excludes halogenated alkanes) is 1. The average molecular weight is 465 g/mol. The van der Waals surface area contributed by atoms with Crippen LogP contribution in [-0.2, 0) is 14.4 Å². The molecule has 166 valence electrons. The second-order valence-electron chi connectivity index (χ2n) is 7.03. The van der Waals surface area contributed by atoms with Gasteiger partial charge >= 0.3 is 5.97 Å². The van der Waals surface area contributed by atoms with Gasteiger partial charge in [0.2, 0.25) is 16.9 Å². The number of aliphatic carboxylic acids is 1. The first-order valence-corrected chi connectivity index (χ1v) is 11.6. The van der Waals surface area contributed by atoms with Crippen LogP contribution in [0.4, 0.5) is 10.8 Å². The summed E-state index contributed by atoms with van der Waals surface area (Å²) in [7, 11) is 1.53. The monoisotopic (exact) mass is 464 g/mol. The van der Waals surface area contributed by atoms with Gasteiger partial charge in [-0.2, -0.15) is 0 Å². The molecule has 11 heteroatoms. The molecule has 0 aliphatic carbocycles. The Balaban J connectivity index is 1.61. The number of ether oxygens (including phenoxy) is 1. The molecule has 31 heavy (non-hydrogen) atoms. The fourth-order valence-corrected chi connectivity index (χ4v) is 5.20. The fraction of sp³-hybridized carbons (Fsp3) is 0.450. The zero-order chi connectivity index (χ0) is 22.4. The van der Waals surface area contributed by atoms with E-state index >= 15 is 0 Å². The molecular formula is C20H24N4O5S2. The van der Waals surface area contributed by atoms with Crippen LogP contribution in [0, 0.1) is 5.92 Å². The van der Waals surface area contributed by atoms with Crippen molar-refractivity contribution in [2.24, 2.45) is 5.92 Å². The van der Waals surface area contributed by atoms with E-state index in [2.05, 4.69) is 15.5 Å². The number of methoxy groups -OCH3 is 1. The number of carboxylic acid groups (broad SMARTS) is 1. The number of carboxylic acids is 1. The number of thioether (sulfide) groups is 1. The third-order valence-corrected chi connectivity index (χ3v) is 7.02. The molecule has 0 saturated carbocycles. The Hall–Kier alpha value is -2.66. The zero-order valence-corrected chi connectivity index (χ0v) is 18.9. The smallest absolute Gasteiger partial charge is 0.317 e. The minimum atomic E-state index is -0.889. The van der Waals surface area contributed by atoms with Crippen molar-refractivity contribution in [1.82, 2.24) is 10.2 Å². The lowest BCUT2D eigenvalue weighted by Crippen LogP contribution is -2.28. The first-order valence-electron chi connectivity index (χ1n) is 9.90. The number of para-hydroxylation sites is 2. The highest BCUT2D eigenvalue weighted by Gasteiger charge is 2.36. The van der Waals surface area contributed by atoms with Crippen LogP contribution in [0.15, 0.2) is 28.6 Å². The third-order valence-electron chi connectivity index (χ3n) is 4.85. The SMILES string of the molecule is CCCC[C@H](Sc1nnc(NC(=O)[C@@H]2CC(=O)N(c3ccccc3OC)C2)s1)C(=O)O. The highest BCUT2D eigenvalue weighted by Crippen LogP contribution is 2.34. The molecule has 2 atom stereocenters. The van der Waals surface area contributed by atoms with E-state index in [1.54, 1.807) is 17.0 Å². The molecule has 9 nitrogen and oxygen atoms in total. The number of aromatic nitrogens is 2. The summed E-state index contributed by atoms with van der Waals surface area (Å²) < 4.78 is 5.80. The molecule has 1 fully saturated rings. The summed E-state index contributed by atoms with van der Waals surface area (Å²) in [6.07, 6.45) is 2.35. The number of nitrogens with zero attached hydrogens (tertiary/aromatic N) is 3. The van der Waals surface area contributed by atoms with Gasteiger partial charge in [-0.3, -0.25) is 14.4 Å². The second kappa shape index (κ2) is 10.6. The largest absolute Gasteiger partial charge is 0.495 e. The minimum absolute atomic E-state index is 0.0857. The molecule has 1 saturated heterocycles. The number of amides is 2. The summed E-state index contributed by atoms with van der Waals surface area (Å²) in [6, 6.07) is 7.17. The molecule has 3 rings (SSSR count). The summed E-state index contributed by atoms with van der Waals surface area (Å²) in [4.78, 5) is 38.1. The molecule has 2 heterocycles. The van der Waals surface area contributed by atoms with Gasteiger partial charge in [0.25, 0.3) is 0 Å². The van der Waals surface area contributed by atoms with E-state index in [9.17, 15) is 19.5 Å². The predicted molar refractivity (Wildman–Crippen MR) is 119 cm³/mol. The topological polar surface area (TPSA) is 122 Å². The quantitative estimate of drug-likeness (QED) is 0.406. The fourth-order valence-electron chi connectivity index (χ4n) is 3.23. The lowest BCUT2D eigenvalue weighted by Gasteiger charge is -2.19. The standard InChI is InChI=1S/C20H24N4O5S2/c1-3-4-9-15(18(27)28)30-20-23-22-19(31-20)21-17(26)12-10-16(25)24(11-12)13-7-5-6-8-14(13)29-2/h5-8,12,15H,3-4,9-11H2,1-2H3,(H,27,28)(H,21,22,26)/t12-,15+/m1/s1. The van der Waals surface area contributed by atoms with E-state index in [4.69, 9.17) is 4.74 Å². The predicted octanol–water partition coefficient (Wildman–Crippen LogP) is 3.27. The first kappa shape index (κ1) is 23.0. The maximum atomic E-state index is 12.7. The number of nitrogens with one attached hydrogen (secondary N) is 1. The number of carbonyl (C=O) groups excluding carboxylic acids is 2.